The summed E-state index contributed by atoms with van der Waals surface area (Å²) >= 11 is 1.78. The van der Waals surface area contributed by atoms with Crippen LogP contribution in [0.2, 0.25) is 0 Å². The Bertz CT molecular complexity index is 206. The van der Waals surface area contributed by atoms with Crippen LogP contribution in [-0.2, 0) is 0 Å². The average Bonchev–Trinajstić information content (AvgIpc) is 1.99. The molecule has 0 bridgehead atoms. The molecular weight excluding hydrogens is 168 g/mol. The van der Waals surface area contributed by atoms with Crippen molar-refractivity contribution in [1.82, 2.24) is 0 Å². The van der Waals surface area contributed by atoms with E-state index in [1.54, 1.807) is 11.8 Å². The fourth-order valence-electron chi connectivity index (χ4n) is 1.95. The van der Waals surface area contributed by atoms with Crippen LogP contribution in [0.4, 0.5) is 0 Å². The number of hydrogen-bond donors (Lipinski definition) is 1. The summed E-state index contributed by atoms with van der Waals surface area (Å²) in [5, 5.41) is 9.64. The zero-order valence-electron chi connectivity index (χ0n) is 8.35. The molecular formula is C10H18OS. The third-order valence-corrected chi connectivity index (χ3v) is 4.00. The van der Waals surface area contributed by atoms with Crippen LogP contribution in [0.15, 0.2) is 10.5 Å². The molecule has 0 radical (unpaired) electrons. The summed E-state index contributed by atoms with van der Waals surface area (Å²) in [4.78, 5) is 1.38. The van der Waals surface area contributed by atoms with Crippen LogP contribution in [0, 0.1) is 5.41 Å². The van der Waals surface area contributed by atoms with Gasteiger partial charge >= 0.3 is 0 Å². The Hall–Kier alpha value is 0.0500. The van der Waals surface area contributed by atoms with Crippen molar-refractivity contribution in [2.24, 2.45) is 5.41 Å². The predicted molar refractivity (Wildman–Crippen MR) is 55.2 cm³/mol. The Morgan fingerprint density at radius 2 is 2.08 bits per heavy atom. The minimum atomic E-state index is -0.194. The van der Waals surface area contributed by atoms with E-state index in [2.05, 4.69) is 27.0 Å². The average molecular weight is 186 g/mol. The van der Waals surface area contributed by atoms with Gasteiger partial charge in [0, 0.05) is 0 Å². The molecule has 1 aliphatic carbocycles. The fraction of sp³-hybridized carbons (Fsp3) is 0.800. The number of hydrogen-bond acceptors (Lipinski definition) is 2. The molecule has 0 aromatic heterocycles. The summed E-state index contributed by atoms with van der Waals surface area (Å²) in [7, 11) is 0. The Morgan fingerprint density at radius 3 is 2.50 bits per heavy atom. The Morgan fingerprint density at radius 1 is 1.50 bits per heavy atom. The van der Waals surface area contributed by atoms with Crippen LogP contribution < -0.4 is 0 Å². The normalized spacial score (nSPS) is 29.2. The van der Waals surface area contributed by atoms with Gasteiger partial charge in [-0.05, 0) is 41.9 Å². The van der Waals surface area contributed by atoms with Gasteiger partial charge in [0.1, 0.15) is 0 Å². The summed E-state index contributed by atoms with van der Waals surface area (Å²) in [5.74, 6) is 0. The first-order chi connectivity index (χ1) is 5.49. The molecule has 1 nitrogen and oxygen atoms in total. The van der Waals surface area contributed by atoms with Crippen molar-refractivity contribution < 1.29 is 5.11 Å². The van der Waals surface area contributed by atoms with Crippen LogP contribution in [0.5, 0.6) is 0 Å². The molecule has 1 N–H and O–H groups in total. The van der Waals surface area contributed by atoms with E-state index in [1.807, 2.05) is 0 Å². The van der Waals surface area contributed by atoms with E-state index in [0.717, 1.165) is 12.8 Å². The zero-order chi connectivity index (χ0) is 9.35. The molecule has 0 heterocycles. The Balaban J connectivity index is 3.01. The topological polar surface area (TPSA) is 20.2 Å². The lowest BCUT2D eigenvalue weighted by Crippen LogP contribution is -2.26. The van der Waals surface area contributed by atoms with Gasteiger partial charge in [-0.2, -0.15) is 0 Å². The lowest BCUT2D eigenvalue weighted by Gasteiger charge is -2.35. The van der Waals surface area contributed by atoms with Crippen molar-refractivity contribution >= 4 is 11.8 Å². The van der Waals surface area contributed by atoms with E-state index in [9.17, 15) is 5.11 Å². The zero-order valence-corrected chi connectivity index (χ0v) is 9.16. The smallest absolute Gasteiger partial charge is 0.0758 e. The van der Waals surface area contributed by atoms with Gasteiger partial charge in [0.15, 0.2) is 0 Å². The third-order valence-electron chi connectivity index (χ3n) is 2.72. The summed E-state index contributed by atoms with van der Waals surface area (Å²) < 4.78 is 0. The molecule has 12 heavy (non-hydrogen) atoms. The van der Waals surface area contributed by atoms with E-state index >= 15 is 0 Å². The van der Waals surface area contributed by atoms with Crippen LogP contribution in [0.25, 0.3) is 0 Å². The maximum absolute atomic E-state index is 9.64. The second-order valence-electron chi connectivity index (χ2n) is 4.15. The van der Waals surface area contributed by atoms with Crippen molar-refractivity contribution in [2.75, 3.05) is 6.26 Å². The maximum Gasteiger partial charge on any atom is 0.0758 e. The molecule has 0 aromatic carbocycles. The van der Waals surface area contributed by atoms with Crippen LogP contribution in [0.3, 0.4) is 0 Å². The van der Waals surface area contributed by atoms with E-state index in [1.165, 1.54) is 10.5 Å². The maximum atomic E-state index is 9.64. The van der Waals surface area contributed by atoms with Gasteiger partial charge in [-0.25, -0.2) is 0 Å². The molecule has 0 saturated carbocycles. The van der Waals surface area contributed by atoms with E-state index in [-0.39, 0.29) is 11.5 Å². The molecule has 0 amide bonds. The number of aliphatic hydroxyl groups excluding tert-OH is 1. The summed E-state index contributed by atoms with van der Waals surface area (Å²) in [6, 6.07) is 0. The quantitative estimate of drug-likeness (QED) is 0.679. The highest BCUT2D eigenvalue weighted by Gasteiger charge is 2.31. The van der Waals surface area contributed by atoms with Gasteiger partial charge in [-0.3, -0.25) is 0 Å². The van der Waals surface area contributed by atoms with Crippen molar-refractivity contribution in [3.05, 3.63) is 10.5 Å². The molecule has 1 rings (SSSR count). The van der Waals surface area contributed by atoms with Gasteiger partial charge in [0.2, 0.25) is 0 Å². The first-order valence-electron chi connectivity index (χ1n) is 4.42. The SMILES string of the molecule is CSC1=C(C)C(O)CCC1(C)C. The highest BCUT2D eigenvalue weighted by atomic mass is 32.2. The van der Waals surface area contributed by atoms with Gasteiger partial charge in [-0.15, -0.1) is 11.8 Å². The lowest BCUT2D eigenvalue weighted by atomic mass is 9.78. The van der Waals surface area contributed by atoms with Crippen molar-refractivity contribution in [3.8, 4) is 0 Å². The molecule has 0 fully saturated rings. The molecule has 1 unspecified atom stereocenters. The summed E-state index contributed by atoms with van der Waals surface area (Å²) in [6.07, 6.45) is 3.92. The van der Waals surface area contributed by atoms with Gasteiger partial charge in [0.05, 0.1) is 6.10 Å². The van der Waals surface area contributed by atoms with Gasteiger partial charge < -0.3 is 5.11 Å². The van der Waals surface area contributed by atoms with Gasteiger partial charge in [0.25, 0.3) is 0 Å². The Kier molecular flexibility index (Phi) is 2.89. The Labute approximate surface area is 79.2 Å². The number of thioether (sulfide) groups is 1. The van der Waals surface area contributed by atoms with E-state index in [0.29, 0.717) is 0 Å². The monoisotopic (exact) mass is 186 g/mol. The minimum Gasteiger partial charge on any atom is -0.389 e. The van der Waals surface area contributed by atoms with Crippen molar-refractivity contribution in [2.45, 2.75) is 39.7 Å². The van der Waals surface area contributed by atoms with Crippen LogP contribution >= 0.6 is 11.8 Å². The second kappa shape index (κ2) is 3.43. The molecule has 0 spiro atoms. The van der Waals surface area contributed by atoms with Crippen LogP contribution in [-0.4, -0.2) is 17.5 Å². The molecule has 1 atom stereocenters. The highest BCUT2D eigenvalue weighted by Crippen LogP contribution is 2.44. The first kappa shape index (κ1) is 10.1. The van der Waals surface area contributed by atoms with E-state index < -0.39 is 0 Å². The molecule has 70 valence electrons. The molecule has 2 heteroatoms. The first-order valence-corrected chi connectivity index (χ1v) is 5.65. The summed E-state index contributed by atoms with van der Waals surface area (Å²) in [6.45, 7) is 6.57. The largest absolute Gasteiger partial charge is 0.389 e. The van der Waals surface area contributed by atoms with E-state index in [4.69, 9.17) is 0 Å². The second-order valence-corrected chi connectivity index (χ2v) is 4.97. The molecule has 0 aliphatic heterocycles. The van der Waals surface area contributed by atoms with Crippen molar-refractivity contribution in [3.63, 3.8) is 0 Å². The molecule has 0 saturated heterocycles. The minimum absolute atomic E-state index is 0.194. The predicted octanol–water partition coefficient (Wildman–Crippen LogP) is 2.80. The third kappa shape index (κ3) is 1.69. The standard InChI is InChI=1S/C10H18OS/c1-7-8(11)5-6-10(2,3)9(7)12-4/h8,11H,5-6H2,1-4H3. The molecule has 0 aromatic rings. The van der Waals surface area contributed by atoms with Crippen LogP contribution in [0.1, 0.15) is 33.6 Å². The lowest BCUT2D eigenvalue weighted by molar-refractivity contribution is 0.165. The summed E-state index contributed by atoms with van der Waals surface area (Å²) in [5.41, 5.74) is 1.46. The number of aliphatic hydroxyl groups is 1. The number of rotatable bonds is 1. The van der Waals surface area contributed by atoms with Crippen molar-refractivity contribution in [1.29, 1.82) is 0 Å². The number of allylic oxidation sites excluding steroid dienone is 1. The fourth-order valence-corrected chi connectivity index (χ4v) is 3.06. The molecule has 1 aliphatic rings. The van der Waals surface area contributed by atoms with Gasteiger partial charge in [-0.1, -0.05) is 13.8 Å². The highest BCUT2D eigenvalue weighted by molar-refractivity contribution is 8.02.